The molecule has 0 heterocycles. The lowest BCUT2D eigenvalue weighted by Gasteiger charge is -2.10. The summed E-state index contributed by atoms with van der Waals surface area (Å²) in [5.41, 5.74) is -0.636. The molecule has 0 radical (unpaired) electrons. The molecule has 1 saturated carbocycles. The van der Waals surface area contributed by atoms with E-state index in [1.54, 1.807) is 0 Å². The lowest BCUT2D eigenvalue weighted by Crippen LogP contribution is -2.27. The summed E-state index contributed by atoms with van der Waals surface area (Å²) in [5, 5.41) is 8.86. The van der Waals surface area contributed by atoms with Crippen molar-refractivity contribution in [3.8, 4) is 0 Å². The van der Waals surface area contributed by atoms with Crippen LogP contribution in [0.25, 0.3) is 0 Å². The van der Waals surface area contributed by atoms with Crippen molar-refractivity contribution in [2.75, 3.05) is 6.54 Å². The fourth-order valence-electron chi connectivity index (χ4n) is 1.91. The van der Waals surface area contributed by atoms with Gasteiger partial charge in [-0.3, -0.25) is 0 Å². The van der Waals surface area contributed by atoms with Gasteiger partial charge in [0.05, 0.1) is 12.2 Å². The number of halogens is 2. The molecule has 0 bridgehead atoms. The Bertz CT molecular complexity index is 589. The molecule has 4 nitrogen and oxygen atoms in total. The second-order valence-corrected chi connectivity index (χ2v) is 6.56. The van der Waals surface area contributed by atoms with Crippen molar-refractivity contribution in [3.05, 3.63) is 29.3 Å². The van der Waals surface area contributed by atoms with Crippen LogP contribution in [0.1, 0.15) is 18.9 Å². The Kier molecular flexibility index (Phi) is 3.89. The first-order chi connectivity index (χ1) is 8.86. The molecule has 1 aromatic rings. The molecule has 2 atom stereocenters. The Morgan fingerprint density at radius 3 is 2.58 bits per heavy atom. The first kappa shape index (κ1) is 14.4. The molecule has 1 aromatic carbocycles. The van der Waals surface area contributed by atoms with Crippen LogP contribution in [0.3, 0.4) is 0 Å². The molecule has 1 aliphatic rings. The fraction of sp³-hybridized carbons (Fsp3) is 0.500. The normalized spacial score (nSPS) is 22.5. The molecule has 1 aliphatic carbocycles. The van der Waals surface area contributed by atoms with E-state index in [0.29, 0.717) is 5.92 Å². The van der Waals surface area contributed by atoms with Crippen LogP contribution in [0.2, 0.25) is 0 Å². The zero-order valence-electron chi connectivity index (χ0n) is 10.4. The Hall–Kier alpha value is -1.05. The maximum Gasteiger partial charge on any atom is 0.243 e. The maximum absolute atomic E-state index is 13.8. The largest absolute Gasteiger partial charge is 0.391 e. The van der Waals surface area contributed by atoms with E-state index < -0.39 is 38.7 Å². The Morgan fingerprint density at radius 1 is 1.42 bits per heavy atom. The first-order valence-electron chi connectivity index (χ1n) is 5.94. The number of aliphatic hydroxyl groups excluding tert-OH is 1. The maximum atomic E-state index is 13.8. The van der Waals surface area contributed by atoms with Crippen LogP contribution in [0.4, 0.5) is 8.78 Å². The van der Waals surface area contributed by atoms with Gasteiger partial charge in [0.25, 0.3) is 0 Å². The number of nitrogens with one attached hydrogen (secondary N) is 1. The topological polar surface area (TPSA) is 66.4 Å². The molecular formula is C12H15F2NO3S. The summed E-state index contributed by atoms with van der Waals surface area (Å²) in [4.78, 5) is -0.633. The van der Waals surface area contributed by atoms with Crippen LogP contribution < -0.4 is 4.72 Å². The minimum atomic E-state index is -4.02. The molecule has 1 fully saturated rings. The molecule has 2 rings (SSSR count). The molecule has 0 aromatic heterocycles. The summed E-state index contributed by atoms with van der Waals surface area (Å²) in [5.74, 6) is -1.46. The second-order valence-electron chi connectivity index (χ2n) is 4.82. The molecule has 2 unspecified atom stereocenters. The minimum absolute atomic E-state index is 0.245. The van der Waals surface area contributed by atoms with Crippen molar-refractivity contribution in [2.24, 2.45) is 11.8 Å². The molecule has 106 valence electrons. The molecule has 0 saturated heterocycles. The van der Waals surface area contributed by atoms with Gasteiger partial charge in [0.1, 0.15) is 10.7 Å². The van der Waals surface area contributed by atoms with Gasteiger partial charge in [-0.15, -0.1) is 0 Å². The van der Waals surface area contributed by atoms with Crippen LogP contribution in [-0.2, 0) is 16.6 Å². The molecule has 0 spiro atoms. The predicted octanol–water partition coefficient (Wildman–Crippen LogP) is 1.39. The number of rotatable bonds is 5. The SMILES string of the molecule is CC1CC1CNS(=O)(=O)c1ccc(F)c(CO)c1F. The lowest BCUT2D eigenvalue weighted by molar-refractivity contribution is 0.267. The van der Waals surface area contributed by atoms with Crippen LogP contribution >= 0.6 is 0 Å². The fourth-order valence-corrected chi connectivity index (χ4v) is 3.10. The van der Waals surface area contributed by atoms with Gasteiger partial charge < -0.3 is 5.11 Å². The smallest absolute Gasteiger partial charge is 0.243 e. The number of benzene rings is 1. The summed E-state index contributed by atoms with van der Waals surface area (Å²) < 4.78 is 53.1. The van der Waals surface area contributed by atoms with Gasteiger partial charge in [-0.05, 0) is 30.4 Å². The van der Waals surface area contributed by atoms with Crippen molar-refractivity contribution in [3.63, 3.8) is 0 Å². The van der Waals surface area contributed by atoms with Gasteiger partial charge in [-0.1, -0.05) is 6.92 Å². The summed E-state index contributed by atoms with van der Waals surface area (Å²) >= 11 is 0. The van der Waals surface area contributed by atoms with Crippen molar-refractivity contribution < 1.29 is 22.3 Å². The first-order valence-corrected chi connectivity index (χ1v) is 7.42. The zero-order valence-corrected chi connectivity index (χ0v) is 11.2. The van der Waals surface area contributed by atoms with Crippen molar-refractivity contribution >= 4 is 10.0 Å². The summed E-state index contributed by atoms with van der Waals surface area (Å²) in [6.45, 7) is 1.36. The number of hydrogen-bond donors (Lipinski definition) is 2. The highest BCUT2D eigenvalue weighted by Gasteiger charge is 2.34. The van der Waals surface area contributed by atoms with Gasteiger partial charge in [0, 0.05) is 6.54 Å². The van der Waals surface area contributed by atoms with E-state index in [4.69, 9.17) is 5.11 Å². The van der Waals surface area contributed by atoms with E-state index in [-0.39, 0.29) is 12.5 Å². The van der Waals surface area contributed by atoms with Crippen molar-refractivity contribution in [2.45, 2.75) is 24.8 Å². The van der Waals surface area contributed by atoms with Crippen molar-refractivity contribution in [1.29, 1.82) is 0 Å². The monoisotopic (exact) mass is 291 g/mol. The Labute approximate surface area is 110 Å². The standard InChI is InChI=1S/C12H15F2NO3S/c1-7-4-8(7)5-15-19(17,18)11-3-2-10(13)9(6-16)12(11)14/h2-3,7-8,15-16H,4-6H2,1H3. The van der Waals surface area contributed by atoms with Gasteiger partial charge in [-0.25, -0.2) is 21.9 Å². The van der Waals surface area contributed by atoms with E-state index in [9.17, 15) is 17.2 Å². The summed E-state index contributed by atoms with van der Waals surface area (Å²) in [7, 11) is -4.02. The zero-order chi connectivity index (χ0) is 14.2. The third-order valence-electron chi connectivity index (χ3n) is 3.41. The van der Waals surface area contributed by atoms with Gasteiger partial charge >= 0.3 is 0 Å². The highest BCUT2D eigenvalue weighted by molar-refractivity contribution is 7.89. The van der Waals surface area contributed by atoms with Gasteiger partial charge in [0.2, 0.25) is 10.0 Å². The molecule has 0 amide bonds. The molecule has 19 heavy (non-hydrogen) atoms. The number of aliphatic hydroxyl groups is 1. The Balaban J connectivity index is 2.24. The molecular weight excluding hydrogens is 276 g/mol. The highest BCUT2D eigenvalue weighted by atomic mass is 32.2. The Morgan fingerprint density at radius 2 is 2.05 bits per heavy atom. The third-order valence-corrected chi connectivity index (χ3v) is 4.85. The van der Waals surface area contributed by atoms with E-state index in [0.717, 1.165) is 18.6 Å². The average molecular weight is 291 g/mol. The summed E-state index contributed by atoms with van der Waals surface area (Å²) in [6, 6.07) is 1.70. The molecule has 0 aliphatic heterocycles. The van der Waals surface area contributed by atoms with E-state index in [2.05, 4.69) is 4.72 Å². The van der Waals surface area contributed by atoms with Crippen molar-refractivity contribution in [1.82, 2.24) is 4.72 Å². The van der Waals surface area contributed by atoms with Gasteiger partial charge in [0.15, 0.2) is 5.82 Å². The van der Waals surface area contributed by atoms with Crippen LogP contribution in [0, 0.1) is 23.5 Å². The van der Waals surface area contributed by atoms with E-state index in [1.165, 1.54) is 0 Å². The number of sulfonamides is 1. The summed E-state index contributed by atoms with van der Waals surface area (Å²) in [6.07, 6.45) is 0.941. The van der Waals surface area contributed by atoms with Gasteiger partial charge in [-0.2, -0.15) is 0 Å². The highest BCUT2D eigenvalue weighted by Crippen LogP contribution is 2.37. The molecule has 2 N–H and O–H groups in total. The van der Waals surface area contributed by atoms with Crippen LogP contribution in [0.5, 0.6) is 0 Å². The van der Waals surface area contributed by atoms with E-state index in [1.807, 2.05) is 6.92 Å². The average Bonchev–Trinajstić information content (AvgIpc) is 3.03. The van der Waals surface area contributed by atoms with Crippen LogP contribution in [-0.4, -0.2) is 20.1 Å². The predicted molar refractivity (Wildman–Crippen MR) is 64.7 cm³/mol. The van der Waals surface area contributed by atoms with E-state index >= 15 is 0 Å². The van der Waals surface area contributed by atoms with Crippen LogP contribution in [0.15, 0.2) is 17.0 Å². The minimum Gasteiger partial charge on any atom is -0.391 e. The third kappa shape index (κ3) is 2.93. The quantitative estimate of drug-likeness (QED) is 0.861. The lowest BCUT2D eigenvalue weighted by atomic mass is 10.2. The molecule has 7 heteroatoms. The second kappa shape index (κ2) is 5.15. The number of hydrogen-bond acceptors (Lipinski definition) is 3.